The normalized spacial score (nSPS) is 7.27. The second-order valence-corrected chi connectivity index (χ2v) is 1.74. The number of nitrogens with one attached hydrogen (secondary N) is 2. The van der Waals surface area contributed by atoms with Crippen LogP contribution in [-0.2, 0) is 0 Å². The highest BCUT2D eigenvalue weighted by Crippen LogP contribution is 1.81. The third kappa shape index (κ3) is 17.7. The molecule has 3 nitrogen and oxygen atoms in total. The Labute approximate surface area is 75.2 Å². The van der Waals surface area contributed by atoms with Crippen molar-refractivity contribution in [3.8, 4) is 0 Å². The van der Waals surface area contributed by atoms with Gasteiger partial charge in [0.25, 0.3) is 0 Å². The maximum Gasteiger partial charge on any atom is 0.0831 e. The van der Waals surface area contributed by atoms with Crippen molar-refractivity contribution < 1.29 is 0 Å². The zero-order chi connectivity index (χ0) is 8.41. The molecule has 0 fully saturated rings. The average Bonchev–Trinajstić information content (AvgIpc) is 1.93. The molecule has 0 heterocycles. The maximum absolute atomic E-state index is 5.62. The van der Waals surface area contributed by atoms with E-state index in [9.17, 15) is 0 Å². The summed E-state index contributed by atoms with van der Waals surface area (Å²) in [6, 6.07) is 1.25. The lowest BCUT2D eigenvalue weighted by Gasteiger charge is -2.13. The summed E-state index contributed by atoms with van der Waals surface area (Å²) in [5.74, 6) is 0. The largest absolute Gasteiger partial charge is 0.304 e. The molecule has 0 bridgehead atoms. The quantitative estimate of drug-likeness (QED) is 0.641. The lowest BCUT2D eigenvalue weighted by Crippen LogP contribution is -2.21. The summed E-state index contributed by atoms with van der Waals surface area (Å²) in [7, 11) is 0. The summed E-state index contributed by atoms with van der Waals surface area (Å²) in [6.07, 6.45) is 0. The van der Waals surface area contributed by atoms with Crippen LogP contribution < -0.4 is 0 Å². The second-order valence-electron chi connectivity index (χ2n) is 1.74. The molecule has 0 aliphatic rings. The van der Waals surface area contributed by atoms with Crippen molar-refractivity contribution in [2.75, 3.05) is 19.6 Å². The number of hydrogen-bond donors (Lipinski definition) is 2. The van der Waals surface area contributed by atoms with Gasteiger partial charge in [0, 0.05) is 0 Å². The topological polar surface area (TPSA) is 50.9 Å². The summed E-state index contributed by atoms with van der Waals surface area (Å²) in [4.78, 5) is 2.38. The van der Waals surface area contributed by atoms with E-state index in [4.69, 9.17) is 10.8 Å². The van der Waals surface area contributed by atoms with Gasteiger partial charge in [-0.05, 0) is 19.6 Å². The Morgan fingerprint density at radius 1 is 1.00 bits per heavy atom. The van der Waals surface area contributed by atoms with E-state index in [1.54, 1.807) is 0 Å². The van der Waals surface area contributed by atoms with Crippen molar-refractivity contribution >= 4 is 18.4 Å². The van der Waals surface area contributed by atoms with Crippen LogP contribution >= 0.6 is 12.4 Å². The van der Waals surface area contributed by atoms with Crippen LogP contribution in [0.4, 0.5) is 0 Å². The smallest absolute Gasteiger partial charge is 0.0831 e. The molecule has 0 unspecified atom stereocenters. The predicted molar refractivity (Wildman–Crippen MR) is 51.2 cm³/mol. The predicted octanol–water partition coefficient (Wildman–Crippen LogP) is 2.09. The van der Waals surface area contributed by atoms with Gasteiger partial charge in [0.2, 0.25) is 0 Å². The fourth-order valence-electron chi connectivity index (χ4n) is 0.671. The summed E-state index contributed by atoms with van der Waals surface area (Å²) in [5, 5.41) is 11.2. The van der Waals surface area contributed by atoms with Crippen molar-refractivity contribution in [1.29, 1.82) is 10.8 Å². The molecule has 0 aromatic heterocycles. The van der Waals surface area contributed by atoms with Crippen LogP contribution in [0.25, 0.3) is 0 Å². The first-order chi connectivity index (χ1) is 4.76. The van der Waals surface area contributed by atoms with E-state index in [-0.39, 0.29) is 12.4 Å². The van der Waals surface area contributed by atoms with Crippen LogP contribution in [-0.4, -0.2) is 30.5 Å². The Morgan fingerprint density at radius 2 is 1.18 bits per heavy atom. The lowest BCUT2D eigenvalue weighted by atomic mass is 10.5. The van der Waals surface area contributed by atoms with Crippen LogP contribution in [0.2, 0.25) is 0 Å². The van der Waals surface area contributed by atoms with Crippen molar-refractivity contribution in [1.82, 2.24) is 4.90 Å². The highest BCUT2D eigenvalue weighted by Gasteiger charge is 1.89. The molecule has 0 aliphatic carbocycles. The average molecular weight is 180 g/mol. The molecule has 2 N–H and O–H groups in total. The van der Waals surface area contributed by atoms with Crippen LogP contribution in [0, 0.1) is 10.8 Å². The van der Waals surface area contributed by atoms with Crippen molar-refractivity contribution in [2.45, 2.75) is 20.8 Å². The Kier molecular flexibility index (Phi) is 25.1. The Bertz CT molecular complexity index is 80.2. The molecule has 0 rings (SSSR count). The Morgan fingerprint density at radius 3 is 1.18 bits per heavy atom. The van der Waals surface area contributed by atoms with Crippen molar-refractivity contribution in [3.05, 3.63) is 0 Å². The van der Waals surface area contributed by atoms with Crippen molar-refractivity contribution in [2.24, 2.45) is 0 Å². The monoisotopic (exact) mass is 179 g/mol. The first-order valence-corrected chi connectivity index (χ1v) is 3.57. The van der Waals surface area contributed by atoms with Gasteiger partial charge in [-0.3, -0.25) is 0 Å². The van der Waals surface area contributed by atoms with E-state index < -0.39 is 0 Å². The molecule has 0 amide bonds. The molecule has 0 saturated heterocycles. The molecule has 0 saturated carbocycles. The van der Waals surface area contributed by atoms with Crippen molar-refractivity contribution in [3.63, 3.8) is 0 Å². The zero-order valence-corrected chi connectivity index (χ0v) is 8.29. The minimum absolute atomic E-state index is 0. The number of rotatable bonds is 3. The third-order valence-corrected chi connectivity index (χ3v) is 1.34. The van der Waals surface area contributed by atoms with E-state index in [0.717, 1.165) is 0 Å². The summed E-state index contributed by atoms with van der Waals surface area (Å²) >= 11 is 0. The van der Waals surface area contributed by atoms with Gasteiger partial charge >= 0.3 is 0 Å². The summed E-state index contributed by atoms with van der Waals surface area (Å²) in [5.41, 5.74) is 0. The number of nitrogens with zero attached hydrogens (tertiary/aromatic N) is 1. The molecule has 11 heavy (non-hydrogen) atoms. The van der Waals surface area contributed by atoms with E-state index in [2.05, 4.69) is 25.7 Å². The van der Waals surface area contributed by atoms with Gasteiger partial charge in [-0.2, -0.15) is 0 Å². The molecular formula is C7H18ClN3. The molecule has 0 spiro atoms. The van der Waals surface area contributed by atoms with Crippen LogP contribution in [0.15, 0.2) is 0 Å². The van der Waals surface area contributed by atoms with E-state index in [0.29, 0.717) is 0 Å². The van der Waals surface area contributed by atoms with Crippen LogP contribution in [0.1, 0.15) is 20.8 Å². The zero-order valence-electron chi connectivity index (χ0n) is 7.48. The molecule has 68 valence electrons. The fourth-order valence-corrected chi connectivity index (χ4v) is 0.671. The fraction of sp³-hybridized carbons (Fsp3) is 0.857. The highest BCUT2D eigenvalue weighted by molar-refractivity contribution is 5.85. The van der Waals surface area contributed by atoms with E-state index in [1.807, 2.05) is 0 Å². The maximum atomic E-state index is 5.62. The van der Waals surface area contributed by atoms with Gasteiger partial charge < -0.3 is 4.90 Å². The molecule has 0 atom stereocenters. The van der Waals surface area contributed by atoms with Gasteiger partial charge in [0.05, 0.1) is 6.01 Å². The van der Waals surface area contributed by atoms with E-state index in [1.165, 1.54) is 25.6 Å². The van der Waals surface area contributed by atoms with Gasteiger partial charge in [-0.25, -0.2) is 10.8 Å². The minimum Gasteiger partial charge on any atom is -0.304 e. The molecular weight excluding hydrogens is 162 g/mol. The van der Waals surface area contributed by atoms with Gasteiger partial charge in [0.15, 0.2) is 0 Å². The summed E-state index contributed by atoms with van der Waals surface area (Å²) < 4.78 is 0. The SMILES string of the molecule is CCN(CC)CC.Cl.N=C=N. The molecule has 0 aliphatic heterocycles. The van der Waals surface area contributed by atoms with Gasteiger partial charge in [-0.15, -0.1) is 12.4 Å². The highest BCUT2D eigenvalue weighted by atomic mass is 35.5. The summed E-state index contributed by atoms with van der Waals surface area (Å²) in [6.45, 7) is 10.1. The van der Waals surface area contributed by atoms with Crippen LogP contribution in [0.5, 0.6) is 0 Å². The molecule has 0 aromatic carbocycles. The lowest BCUT2D eigenvalue weighted by molar-refractivity contribution is 0.321. The first-order valence-electron chi connectivity index (χ1n) is 3.57. The first kappa shape index (κ1) is 16.9. The third-order valence-electron chi connectivity index (χ3n) is 1.34. The number of hydrogen-bond acceptors (Lipinski definition) is 3. The Balaban J connectivity index is -0.000000140. The molecule has 0 radical (unpaired) electrons. The standard InChI is InChI=1S/C6H15N.CH2N2.ClH/c1-4-7(5-2)6-3;2-1-3;/h4-6H2,1-3H3;2-3H;1H. The van der Waals surface area contributed by atoms with Gasteiger partial charge in [0.1, 0.15) is 0 Å². The van der Waals surface area contributed by atoms with Crippen LogP contribution in [0.3, 0.4) is 0 Å². The Hall–Kier alpha value is -0.370. The molecule has 0 aromatic rings. The number of halogens is 1. The molecule has 4 heteroatoms. The minimum atomic E-state index is 0. The second kappa shape index (κ2) is 16.3. The van der Waals surface area contributed by atoms with E-state index >= 15 is 0 Å². The van der Waals surface area contributed by atoms with Gasteiger partial charge in [-0.1, -0.05) is 20.8 Å².